The number of carboxylic acid groups (broad SMARTS) is 1. The lowest BCUT2D eigenvalue weighted by atomic mass is 9.54. The molecular formula is C19H24N2O5. The summed E-state index contributed by atoms with van der Waals surface area (Å²) in [5, 5.41) is 12.4. The Kier molecular flexibility index (Phi) is 4.52. The third-order valence-corrected chi connectivity index (χ3v) is 5.71. The maximum absolute atomic E-state index is 12.6. The molecule has 0 spiro atoms. The van der Waals surface area contributed by atoms with Gasteiger partial charge in [0.15, 0.2) is 0 Å². The number of fused-ring (bicyclic) bond motifs is 1. The average Bonchev–Trinajstić information content (AvgIpc) is 2.89. The summed E-state index contributed by atoms with van der Waals surface area (Å²) in [5.74, 6) is -1.76. The second-order valence-electron chi connectivity index (χ2n) is 7.45. The minimum atomic E-state index is -1.39. The number of amides is 2. The van der Waals surface area contributed by atoms with Crippen LogP contribution in [0.15, 0.2) is 24.3 Å². The first kappa shape index (κ1) is 18.4. The molecule has 1 aromatic rings. The van der Waals surface area contributed by atoms with Crippen LogP contribution >= 0.6 is 0 Å². The number of nitrogens with one attached hydrogen (secondary N) is 1. The highest BCUT2D eigenvalue weighted by Crippen LogP contribution is 2.51. The lowest BCUT2D eigenvalue weighted by molar-refractivity contribution is -0.194. The van der Waals surface area contributed by atoms with Crippen molar-refractivity contribution >= 4 is 17.8 Å². The highest BCUT2D eigenvalue weighted by molar-refractivity contribution is 6.00. The Morgan fingerprint density at radius 2 is 2.04 bits per heavy atom. The summed E-state index contributed by atoms with van der Waals surface area (Å²) < 4.78 is 5.59. The molecule has 0 aromatic heterocycles. The van der Waals surface area contributed by atoms with Gasteiger partial charge < -0.3 is 20.1 Å². The normalized spacial score (nSPS) is 26.2. The molecule has 2 amide bonds. The molecule has 1 aromatic carbocycles. The third-order valence-electron chi connectivity index (χ3n) is 5.71. The third kappa shape index (κ3) is 2.67. The topological polar surface area (TPSA) is 95.9 Å². The molecule has 7 heteroatoms. The smallest absolute Gasteiger partial charge is 0.330 e. The van der Waals surface area contributed by atoms with Gasteiger partial charge in [-0.25, -0.2) is 4.79 Å². The number of carbonyl (C=O) groups excluding carboxylic acids is 2. The van der Waals surface area contributed by atoms with Crippen molar-refractivity contribution in [2.75, 3.05) is 13.2 Å². The van der Waals surface area contributed by atoms with E-state index in [9.17, 15) is 19.5 Å². The van der Waals surface area contributed by atoms with E-state index in [1.54, 1.807) is 26.0 Å². The highest BCUT2D eigenvalue weighted by Gasteiger charge is 2.66. The minimum absolute atomic E-state index is 0.169. The molecule has 3 rings (SSSR count). The molecule has 1 aliphatic heterocycles. The number of aliphatic carboxylic acids is 1. The maximum Gasteiger partial charge on any atom is 0.330 e. The molecule has 2 atom stereocenters. The molecule has 1 heterocycles. The van der Waals surface area contributed by atoms with E-state index in [1.165, 1.54) is 4.90 Å². The van der Waals surface area contributed by atoms with Crippen molar-refractivity contribution in [2.24, 2.45) is 5.41 Å². The Labute approximate surface area is 152 Å². The first-order chi connectivity index (χ1) is 12.2. The summed E-state index contributed by atoms with van der Waals surface area (Å²) in [5.41, 5.74) is -0.672. The molecule has 1 saturated carbocycles. The predicted molar refractivity (Wildman–Crippen MR) is 93.5 cm³/mol. The summed E-state index contributed by atoms with van der Waals surface area (Å²) in [6, 6.07) is 7.21. The maximum atomic E-state index is 12.6. The van der Waals surface area contributed by atoms with Crippen LogP contribution in [0, 0.1) is 5.41 Å². The van der Waals surface area contributed by atoms with E-state index in [4.69, 9.17) is 4.74 Å². The molecule has 1 fully saturated rings. The molecule has 26 heavy (non-hydrogen) atoms. The lowest BCUT2D eigenvalue weighted by Crippen LogP contribution is -2.76. The standard InChI is InChI=1S/C19H24N2O5/c1-4-26-14-9-19(17(24)25,18(14,2)3)20-15(22)11-21-10-12-7-5-6-8-13(12)16(21)23/h5-8,14H,4,9-11H2,1-3H3,(H,20,22)(H,24,25). The molecular weight excluding hydrogens is 336 g/mol. The molecule has 0 saturated heterocycles. The Hall–Kier alpha value is -2.41. The average molecular weight is 360 g/mol. The van der Waals surface area contributed by atoms with Crippen molar-refractivity contribution in [3.63, 3.8) is 0 Å². The highest BCUT2D eigenvalue weighted by atomic mass is 16.5. The molecule has 2 aliphatic rings. The van der Waals surface area contributed by atoms with Crippen LogP contribution < -0.4 is 5.32 Å². The zero-order chi connectivity index (χ0) is 19.1. The zero-order valence-electron chi connectivity index (χ0n) is 15.2. The van der Waals surface area contributed by atoms with Gasteiger partial charge in [-0.2, -0.15) is 0 Å². The van der Waals surface area contributed by atoms with Crippen LogP contribution in [0.2, 0.25) is 0 Å². The van der Waals surface area contributed by atoms with Gasteiger partial charge in [-0.05, 0) is 18.6 Å². The van der Waals surface area contributed by atoms with Crippen LogP contribution in [0.1, 0.15) is 43.1 Å². The van der Waals surface area contributed by atoms with Crippen LogP contribution in [0.25, 0.3) is 0 Å². The van der Waals surface area contributed by atoms with E-state index in [2.05, 4.69) is 5.32 Å². The Morgan fingerprint density at radius 1 is 1.35 bits per heavy atom. The monoisotopic (exact) mass is 360 g/mol. The number of carbonyl (C=O) groups is 3. The first-order valence-electron chi connectivity index (χ1n) is 8.76. The molecule has 140 valence electrons. The summed E-state index contributed by atoms with van der Waals surface area (Å²) in [4.78, 5) is 38.3. The number of carboxylic acids is 1. The SMILES string of the molecule is CCOC1CC(NC(=O)CN2Cc3ccccc3C2=O)(C(=O)O)C1(C)C. The number of hydrogen-bond donors (Lipinski definition) is 2. The molecule has 7 nitrogen and oxygen atoms in total. The number of hydrogen-bond acceptors (Lipinski definition) is 4. The van der Waals surface area contributed by atoms with Crippen molar-refractivity contribution in [1.29, 1.82) is 0 Å². The quantitative estimate of drug-likeness (QED) is 0.800. The molecule has 1 aliphatic carbocycles. The summed E-state index contributed by atoms with van der Waals surface area (Å²) in [7, 11) is 0. The zero-order valence-corrected chi connectivity index (χ0v) is 15.2. The number of ether oxygens (including phenoxy) is 1. The fourth-order valence-corrected chi connectivity index (χ4v) is 3.93. The summed E-state index contributed by atoms with van der Waals surface area (Å²) in [6.45, 7) is 6.08. The van der Waals surface area contributed by atoms with Gasteiger partial charge in [0.05, 0.1) is 6.10 Å². The second-order valence-corrected chi connectivity index (χ2v) is 7.45. The van der Waals surface area contributed by atoms with Crippen LogP contribution in [-0.4, -0.2) is 52.6 Å². The van der Waals surface area contributed by atoms with Crippen molar-refractivity contribution in [1.82, 2.24) is 10.2 Å². The van der Waals surface area contributed by atoms with Gasteiger partial charge in [0.1, 0.15) is 12.1 Å². The minimum Gasteiger partial charge on any atom is -0.479 e. The second kappa shape index (κ2) is 6.39. The number of benzene rings is 1. The van der Waals surface area contributed by atoms with Crippen LogP contribution in [-0.2, 0) is 20.9 Å². The van der Waals surface area contributed by atoms with E-state index in [0.717, 1.165) is 5.56 Å². The van der Waals surface area contributed by atoms with Gasteiger partial charge in [0.25, 0.3) is 5.91 Å². The Bertz CT molecular complexity index is 760. The number of rotatable bonds is 6. The van der Waals surface area contributed by atoms with Crippen molar-refractivity contribution in [3.05, 3.63) is 35.4 Å². The van der Waals surface area contributed by atoms with Gasteiger partial charge in [-0.15, -0.1) is 0 Å². The van der Waals surface area contributed by atoms with Gasteiger partial charge in [0.2, 0.25) is 5.91 Å². The van der Waals surface area contributed by atoms with E-state index in [1.807, 2.05) is 19.1 Å². The fraction of sp³-hybridized carbons (Fsp3) is 0.526. The van der Waals surface area contributed by atoms with E-state index in [0.29, 0.717) is 18.7 Å². The van der Waals surface area contributed by atoms with Gasteiger partial charge in [-0.1, -0.05) is 32.0 Å². The molecule has 2 unspecified atom stereocenters. The molecule has 0 bridgehead atoms. The van der Waals surface area contributed by atoms with Crippen molar-refractivity contribution in [3.8, 4) is 0 Å². The summed E-state index contributed by atoms with van der Waals surface area (Å²) in [6.07, 6.45) is -0.0233. The Morgan fingerprint density at radius 3 is 2.62 bits per heavy atom. The van der Waals surface area contributed by atoms with Gasteiger partial charge >= 0.3 is 5.97 Å². The predicted octanol–water partition coefficient (Wildman–Crippen LogP) is 1.42. The molecule has 2 N–H and O–H groups in total. The van der Waals surface area contributed by atoms with Crippen LogP contribution in [0.5, 0.6) is 0 Å². The van der Waals surface area contributed by atoms with Gasteiger partial charge in [0, 0.05) is 30.6 Å². The fourth-order valence-electron chi connectivity index (χ4n) is 3.93. The van der Waals surface area contributed by atoms with Crippen LogP contribution in [0.4, 0.5) is 0 Å². The summed E-state index contributed by atoms with van der Waals surface area (Å²) >= 11 is 0. The van der Waals surface area contributed by atoms with E-state index < -0.39 is 22.8 Å². The van der Waals surface area contributed by atoms with E-state index in [-0.39, 0.29) is 25.0 Å². The largest absolute Gasteiger partial charge is 0.479 e. The first-order valence-corrected chi connectivity index (χ1v) is 8.76. The molecule has 0 radical (unpaired) electrons. The number of nitrogens with zero attached hydrogens (tertiary/aromatic N) is 1. The Balaban J connectivity index is 1.70. The van der Waals surface area contributed by atoms with E-state index >= 15 is 0 Å². The van der Waals surface area contributed by atoms with Crippen molar-refractivity contribution < 1.29 is 24.2 Å². The van der Waals surface area contributed by atoms with Gasteiger partial charge in [-0.3, -0.25) is 9.59 Å². The van der Waals surface area contributed by atoms with Crippen molar-refractivity contribution in [2.45, 2.75) is 45.4 Å². The van der Waals surface area contributed by atoms with Crippen LogP contribution in [0.3, 0.4) is 0 Å². The lowest BCUT2D eigenvalue weighted by Gasteiger charge is -2.58.